The van der Waals surface area contributed by atoms with Crippen molar-refractivity contribution in [2.75, 3.05) is 11.9 Å². The second-order valence-electron chi connectivity index (χ2n) is 4.91. The minimum atomic E-state index is -0.550. The zero-order valence-corrected chi connectivity index (χ0v) is 15.2. The largest absolute Gasteiger partial charge is 0.494 e. The smallest absolute Gasteiger partial charge is 0.271 e. The lowest BCUT2D eigenvalue weighted by Crippen LogP contribution is -2.43. The highest BCUT2D eigenvalue weighted by Gasteiger charge is 2.11. The fraction of sp³-hybridized carbons (Fsp3) is 0.125. The van der Waals surface area contributed by atoms with Crippen LogP contribution in [0.2, 0.25) is 5.02 Å². The zero-order chi connectivity index (χ0) is 19.1. The lowest BCUT2D eigenvalue weighted by molar-refractivity contribution is -0.384. The highest BCUT2D eigenvalue weighted by Crippen LogP contribution is 2.26. The predicted molar refractivity (Wildman–Crippen MR) is 103 cm³/mol. The first-order valence-electron chi connectivity index (χ1n) is 7.45. The second kappa shape index (κ2) is 8.97. The van der Waals surface area contributed by atoms with Crippen LogP contribution in [0.25, 0.3) is 0 Å². The molecule has 0 aliphatic carbocycles. The molecule has 0 aliphatic rings. The Hall–Kier alpha value is -2.91. The number of nitrogens with zero attached hydrogens (tertiary/aromatic N) is 1. The van der Waals surface area contributed by atoms with Crippen LogP contribution >= 0.6 is 23.8 Å². The Labute approximate surface area is 159 Å². The van der Waals surface area contributed by atoms with Gasteiger partial charge >= 0.3 is 0 Å². The van der Waals surface area contributed by atoms with E-state index in [9.17, 15) is 14.9 Å². The van der Waals surface area contributed by atoms with Gasteiger partial charge in [0.1, 0.15) is 5.75 Å². The molecule has 0 unspecified atom stereocenters. The van der Waals surface area contributed by atoms with Crippen LogP contribution in [-0.2, 0) is 0 Å². The van der Waals surface area contributed by atoms with Gasteiger partial charge in [-0.25, -0.2) is 0 Å². The van der Waals surface area contributed by atoms with Crippen molar-refractivity contribution in [3.05, 3.63) is 63.2 Å². The van der Waals surface area contributed by atoms with Crippen molar-refractivity contribution in [3.8, 4) is 5.75 Å². The Bertz CT molecular complexity index is 829. The monoisotopic (exact) mass is 394 g/mol. The van der Waals surface area contributed by atoms with Crippen molar-refractivity contribution < 1.29 is 14.5 Å². The van der Waals surface area contributed by atoms with E-state index in [-0.39, 0.29) is 21.5 Å². The maximum absolute atomic E-state index is 12.1. The number of carbonyl (C=O) groups is 1. The quantitative estimate of drug-likeness (QED) is 0.406. The molecule has 0 bridgehead atoms. The molecule has 0 radical (unpaired) electrons. The van der Waals surface area contributed by atoms with E-state index in [1.807, 2.05) is 6.92 Å². The summed E-state index contributed by atoms with van der Waals surface area (Å²) in [4.78, 5) is 22.3. The Balaban J connectivity index is 1.93. The van der Waals surface area contributed by atoms with Crippen LogP contribution < -0.4 is 20.9 Å². The van der Waals surface area contributed by atoms with Crippen molar-refractivity contribution in [3.63, 3.8) is 0 Å². The summed E-state index contributed by atoms with van der Waals surface area (Å²) in [5.74, 6) is 0.247. The number of halogens is 1. The van der Waals surface area contributed by atoms with Crippen molar-refractivity contribution in [1.29, 1.82) is 0 Å². The molecule has 2 rings (SSSR count). The molecule has 3 N–H and O–H groups in total. The number of hydrogen-bond donors (Lipinski definition) is 3. The fourth-order valence-corrected chi connectivity index (χ4v) is 2.26. The predicted octanol–water partition coefficient (Wildman–Crippen LogP) is 3.28. The Morgan fingerprint density at radius 3 is 2.54 bits per heavy atom. The molecule has 8 nitrogen and oxygen atoms in total. The molecule has 26 heavy (non-hydrogen) atoms. The van der Waals surface area contributed by atoms with E-state index in [0.717, 1.165) is 0 Å². The molecule has 0 aromatic heterocycles. The van der Waals surface area contributed by atoms with Gasteiger partial charge < -0.3 is 10.1 Å². The van der Waals surface area contributed by atoms with Gasteiger partial charge in [0, 0.05) is 17.7 Å². The lowest BCUT2D eigenvalue weighted by atomic mass is 10.2. The van der Waals surface area contributed by atoms with Crippen molar-refractivity contribution in [2.24, 2.45) is 0 Å². The summed E-state index contributed by atoms with van der Waals surface area (Å²) in [6.07, 6.45) is 0. The molecular formula is C16H15ClN4O4S. The number of nitro benzene ring substituents is 1. The molecule has 2 aromatic carbocycles. The van der Waals surface area contributed by atoms with E-state index in [0.29, 0.717) is 17.9 Å². The molecule has 1 amide bonds. The number of hydrazine groups is 1. The van der Waals surface area contributed by atoms with E-state index in [1.54, 1.807) is 24.3 Å². The van der Waals surface area contributed by atoms with Gasteiger partial charge in [0.05, 0.1) is 22.2 Å². The molecule has 0 fully saturated rings. The normalized spacial score (nSPS) is 9.92. The Kier molecular flexibility index (Phi) is 6.70. The minimum Gasteiger partial charge on any atom is -0.494 e. The van der Waals surface area contributed by atoms with Crippen LogP contribution in [0.1, 0.15) is 17.3 Å². The first kappa shape index (κ1) is 19.4. The summed E-state index contributed by atoms with van der Waals surface area (Å²) in [5.41, 5.74) is 5.43. The number of nitro groups is 1. The van der Waals surface area contributed by atoms with E-state index in [1.165, 1.54) is 18.2 Å². The van der Waals surface area contributed by atoms with Gasteiger partial charge in [-0.2, -0.15) is 0 Å². The van der Waals surface area contributed by atoms with Crippen molar-refractivity contribution in [2.45, 2.75) is 6.92 Å². The number of nitrogens with one attached hydrogen (secondary N) is 3. The molecule has 10 heteroatoms. The van der Waals surface area contributed by atoms with E-state index < -0.39 is 10.8 Å². The first-order chi connectivity index (χ1) is 12.4. The minimum absolute atomic E-state index is 0.0201. The molecule has 2 aromatic rings. The van der Waals surface area contributed by atoms with Crippen LogP contribution in [0, 0.1) is 10.1 Å². The molecular weight excluding hydrogens is 380 g/mol. The summed E-state index contributed by atoms with van der Waals surface area (Å²) < 4.78 is 5.30. The number of ether oxygens (including phenoxy) is 1. The summed E-state index contributed by atoms with van der Waals surface area (Å²) >= 11 is 11.0. The van der Waals surface area contributed by atoms with Crippen LogP contribution in [0.4, 0.5) is 11.4 Å². The standard InChI is InChI=1S/C16H15ClN4O4S/c1-2-25-12-6-3-10(4-7-12)15(22)19-20-16(26)18-14-9-11(21(23)24)5-8-13(14)17/h3-9H,2H2,1H3,(H,19,22)(H2,18,20,26). The molecule has 0 aliphatic heterocycles. The molecule has 136 valence electrons. The number of non-ortho nitro benzene ring substituents is 1. The van der Waals surface area contributed by atoms with E-state index >= 15 is 0 Å². The SMILES string of the molecule is CCOc1ccc(C(=O)NNC(=S)Nc2cc([N+](=O)[O-])ccc2Cl)cc1. The molecule has 0 saturated heterocycles. The topological polar surface area (TPSA) is 106 Å². The van der Waals surface area contributed by atoms with Crippen LogP contribution in [0.5, 0.6) is 5.75 Å². The summed E-state index contributed by atoms with van der Waals surface area (Å²) in [6, 6.07) is 10.5. The van der Waals surface area contributed by atoms with Crippen molar-refractivity contribution >= 4 is 46.2 Å². The van der Waals surface area contributed by atoms with Gasteiger partial charge in [-0.1, -0.05) is 11.6 Å². The maximum atomic E-state index is 12.1. The highest BCUT2D eigenvalue weighted by atomic mass is 35.5. The third-order valence-electron chi connectivity index (χ3n) is 3.13. The number of thiocarbonyl (C=S) groups is 1. The van der Waals surface area contributed by atoms with Gasteiger partial charge in [-0.05, 0) is 49.5 Å². The molecule has 0 saturated carbocycles. The number of carbonyl (C=O) groups excluding carboxylic acids is 1. The summed E-state index contributed by atoms with van der Waals surface area (Å²) in [7, 11) is 0. The van der Waals surface area contributed by atoms with Crippen LogP contribution in [-0.4, -0.2) is 22.5 Å². The van der Waals surface area contributed by atoms with Gasteiger partial charge in [-0.15, -0.1) is 0 Å². The number of hydrogen-bond acceptors (Lipinski definition) is 5. The van der Waals surface area contributed by atoms with Crippen molar-refractivity contribution in [1.82, 2.24) is 10.9 Å². The van der Waals surface area contributed by atoms with E-state index in [4.69, 9.17) is 28.6 Å². The average Bonchev–Trinajstić information content (AvgIpc) is 2.62. The van der Waals surface area contributed by atoms with E-state index in [2.05, 4.69) is 16.2 Å². The molecule has 0 heterocycles. The number of amides is 1. The maximum Gasteiger partial charge on any atom is 0.271 e. The second-order valence-corrected chi connectivity index (χ2v) is 5.73. The third kappa shape index (κ3) is 5.30. The van der Waals surface area contributed by atoms with Gasteiger partial charge in [0.25, 0.3) is 11.6 Å². The number of anilines is 1. The lowest BCUT2D eigenvalue weighted by Gasteiger charge is -2.12. The Morgan fingerprint density at radius 2 is 1.92 bits per heavy atom. The summed E-state index contributed by atoms with van der Waals surface area (Å²) in [5, 5.41) is 13.8. The average molecular weight is 395 g/mol. The molecule has 0 spiro atoms. The third-order valence-corrected chi connectivity index (χ3v) is 3.66. The summed E-state index contributed by atoms with van der Waals surface area (Å²) in [6.45, 7) is 2.40. The van der Waals surface area contributed by atoms with Crippen LogP contribution in [0.15, 0.2) is 42.5 Å². The van der Waals surface area contributed by atoms with Gasteiger partial charge in [0.15, 0.2) is 5.11 Å². The van der Waals surface area contributed by atoms with Gasteiger partial charge in [-0.3, -0.25) is 25.8 Å². The molecule has 0 atom stereocenters. The number of benzene rings is 2. The number of rotatable bonds is 5. The first-order valence-corrected chi connectivity index (χ1v) is 8.23. The zero-order valence-electron chi connectivity index (χ0n) is 13.6. The highest BCUT2D eigenvalue weighted by molar-refractivity contribution is 7.80. The van der Waals surface area contributed by atoms with Crippen LogP contribution in [0.3, 0.4) is 0 Å². The Morgan fingerprint density at radius 1 is 1.23 bits per heavy atom. The fourth-order valence-electron chi connectivity index (χ4n) is 1.93. The van der Waals surface area contributed by atoms with Gasteiger partial charge in [0.2, 0.25) is 0 Å².